The molecule has 0 aliphatic carbocycles. The molecule has 0 bridgehead atoms. The van der Waals surface area contributed by atoms with E-state index in [4.69, 9.17) is 0 Å². The Hall–Kier alpha value is -1.91. The van der Waals surface area contributed by atoms with Crippen LogP contribution in [0.1, 0.15) is 19.5 Å². The van der Waals surface area contributed by atoms with Crippen molar-refractivity contribution >= 4 is 17.6 Å². The van der Waals surface area contributed by atoms with Gasteiger partial charge in [-0.2, -0.15) is 0 Å². The maximum atomic E-state index is 11.9. The first kappa shape index (κ1) is 12.5. The third kappa shape index (κ3) is 2.08. The normalized spacial score (nSPS) is 23.6. The van der Waals surface area contributed by atoms with Gasteiger partial charge in [0.05, 0.1) is 12.2 Å². The molecule has 1 aromatic rings. The largest absolute Gasteiger partial charge is 0.373 e. The van der Waals surface area contributed by atoms with Gasteiger partial charge in [0.1, 0.15) is 5.82 Å². The number of nitrogens with one attached hydrogen (secondary N) is 1. The average Bonchev–Trinajstić information content (AvgIpc) is 2.57. The summed E-state index contributed by atoms with van der Waals surface area (Å²) in [6, 6.07) is 5.50. The minimum Gasteiger partial charge on any atom is -0.373 e. The van der Waals surface area contributed by atoms with Gasteiger partial charge in [0.15, 0.2) is 0 Å². The second-order valence-electron chi connectivity index (χ2n) is 4.60. The van der Waals surface area contributed by atoms with Gasteiger partial charge in [-0.15, -0.1) is 0 Å². The van der Waals surface area contributed by atoms with Crippen LogP contribution in [0.3, 0.4) is 0 Å². The molecular weight excluding hydrogens is 230 g/mol. The van der Waals surface area contributed by atoms with Crippen molar-refractivity contribution in [2.75, 3.05) is 12.4 Å². The van der Waals surface area contributed by atoms with Crippen LogP contribution in [0, 0.1) is 11.8 Å². The summed E-state index contributed by atoms with van der Waals surface area (Å²) in [5.41, 5.74) is 0.713. The lowest BCUT2D eigenvalue weighted by Gasteiger charge is -2.14. The number of hydrogen-bond donors (Lipinski definition) is 1. The fourth-order valence-corrected chi connectivity index (χ4v) is 2.05. The topological polar surface area (TPSA) is 62.3 Å². The summed E-state index contributed by atoms with van der Waals surface area (Å²) in [5.74, 6) is 0.0518. The van der Waals surface area contributed by atoms with Gasteiger partial charge in [-0.3, -0.25) is 14.5 Å². The molecule has 0 spiro atoms. The molecule has 0 radical (unpaired) electrons. The fraction of sp³-hybridized carbons (Fsp3) is 0.462. The number of carbonyl (C=O) groups is 2. The van der Waals surface area contributed by atoms with Crippen molar-refractivity contribution in [3.05, 3.63) is 23.9 Å². The lowest BCUT2D eigenvalue weighted by molar-refractivity contribution is -0.140. The Balaban J connectivity index is 2.18. The van der Waals surface area contributed by atoms with E-state index in [1.165, 1.54) is 4.90 Å². The third-order valence-electron chi connectivity index (χ3n) is 3.44. The highest BCUT2D eigenvalue weighted by Gasteiger charge is 2.42. The molecule has 0 aromatic carbocycles. The Morgan fingerprint density at radius 3 is 2.39 bits per heavy atom. The van der Waals surface area contributed by atoms with E-state index in [0.29, 0.717) is 5.69 Å². The second-order valence-corrected chi connectivity index (χ2v) is 4.60. The van der Waals surface area contributed by atoms with Crippen LogP contribution in [0.15, 0.2) is 18.2 Å². The number of aromatic nitrogens is 1. The standard InChI is InChI=1S/C13H17N3O2/c1-8-9(2)13(18)16(12(8)17)7-10-5-4-6-11(14-3)15-10/h4-6,8-9H,7H2,1-3H3,(H,14,15). The molecular formula is C13H17N3O2. The molecule has 2 rings (SSSR count). The van der Waals surface area contributed by atoms with Crippen LogP contribution in [0.5, 0.6) is 0 Å². The van der Waals surface area contributed by atoms with Crippen LogP contribution in [0.4, 0.5) is 5.82 Å². The predicted molar refractivity (Wildman–Crippen MR) is 67.7 cm³/mol. The molecule has 1 N–H and O–H groups in total. The maximum Gasteiger partial charge on any atom is 0.233 e. The molecule has 5 heteroatoms. The van der Waals surface area contributed by atoms with Crippen molar-refractivity contribution in [1.82, 2.24) is 9.88 Å². The Bertz CT molecular complexity index is 467. The van der Waals surface area contributed by atoms with Crippen molar-refractivity contribution in [2.24, 2.45) is 11.8 Å². The highest BCUT2D eigenvalue weighted by atomic mass is 16.2. The number of pyridine rings is 1. The van der Waals surface area contributed by atoms with Gasteiger partial charge in [0, 0.05) is 18.9 Å². The lowest BCUT2D eigenvalue weighted by Crippen LogP contribution is -2.30. The minimum atomic E-state index is -0.231. The van der Waals surface area contributed by atoms with Crippen molar-refractivity contribution < 1.29 is 9.59 Å². The van der Waals surface area contributed by atoms with E-state index < -0.39 is 0 Å². The fourth-order valence-electron chi connectivity index (χ4n) is 2.05. The number of hydrogen-bond acceptors (Lipinski definition) is 4. The van der Waals surface area contributed by atoms with Gasteiger partial charge in [-0.1, -0.05) is 19.9 Å². The number of rotatable bonds is 3. The van der Waals surface area contributed by atoms with E-state index in [2.05, 4.69) is 10.3 Å². The van der Waals surface area contributed by atoms with Gasteiger partial charge in [-0.25, -0.2) is 4.98 Å². The van der Waals surface area contributed by atoms with Gasteiger partial charge < -0.3 is 5.32 Å². The number of nitrogens with zero attached hydrogens (tertiary/aromatic N) is 2. The monoisotopic (exact) mass is 247 g/mol. The van der Waals surface area contributed by atoms with E-state index in [1.54, 1.807) is 20.9 Å². The summed E-state index contributed by atoms with van der Waals surface area (Å²) in [5, 5.41) is 2.93. The Kier molecular flexibility index (Phi) is 3.32. The van der Waals surface area contributed by atoms with Crippen LogP contribution in [0.2, 0.25) is 0 Å². The lowest BCUT2D eigenvalue weighted by atomic mass is 10.00. The predicted octanol–water partition coefficient (Wildman–Crippen LogP) is 1.26. The first-order valence-corrected chi connectivity index (χ1v) is 6.03. The molecule has 2 amide bonds. The minimum absolute atomic E-state index is 0.107. The molecule has 1 fully saturated rings. The van der Waals surface area contributed by atoms with E-state index in [0.717, 1.165) is 5.82 Å². The summed E-state index contributed by atoms with van der Waals surface area (Å²) in [7, 11) is 1.78. The molecule has 1 aliphatic heterocycles. The van der Waals surface area contributed by atoms with E-state index in [1.807, 2.05) is 18.2 Å². The quantitative estimate of drug-likeness (QED) is 0.817. The molecule has 96 valence electrons. The molecule has 0 saturated carbocycles. The van der Waals surface area contributed by atoms with Crippen LogP contribution < -0.4 is 5.32 Å². The second kappa shape index (κ2) is 4.76. The van der Waals surface area contributed by atoms with Crippen molar-refractivity contribution in [2.45, 2.75) is 20.4 Å². The summed E-state index contributed by atoms with van der Waals surface area (Å²) in [6.07, 6.45) is 0. The van der Waals surface area contributed by atoms with Gasteiger partial charge in [0.2, 0.25) is 11.8 Å². The Labute approximate surface area is 106 Å². The SMILES string of the molecule is CNc1cccc(CN2C(=O)C(C)C(C)C2=O)n1. The zero-order chi connectivity index (χ0) is 13.3. The summed E-state index contributed by atoms with van der Waals surface area (Å²) >= 11 is 0. The highest BCUT2D eigenvalue weighted by Crippen LogP contribution is 2.26. The number of amides is 2. The Morgan fingerprint density at radius 2 is 1.83 bits per heavy atom. The molecule has 5 nitrogen and oxygen atoms in total. The molecule has 1 aliphatic rings. The number of carbonyl (C=O) groups excluding carboxylic acids is 2. The smallest absolute Gasteiger partial charge is 0.233 e. The van der Waals surface area contributed by atoms with E-state index in [9.17, 15) is 9.59 Å². The third-order valence-corrected chi connectivity index (χ3v) is 3.44. The van der Waals surface area contributed by atoms with Crippen LogP contribution in [-0.4, -0.2) is 28.7 Å². The van der Waals surface area contributed by atoms with Gasteiger partial charge in [0.25, 0.3) is 0 Å². The molecule has 2 atom stereocenters. The van der Waals surface area contributed by atoms with Crippen molar-refractivity contribution in [1.29, 1.82) is 0 Å². The van der Waals surface area contributed by atoms with E-state index >= 15 is 0 Å². The summed E-state index contributed by atoms with van der Waals surface area (Å²) in [6.45, 7) is 3.84. The van der Waals surface area contributed by atoms with Crippen LogP contribution >= 0.6 is 0 Å². The zero-order valence-corrected chi connectivity index (χ0v) is 10.8. The summed E-state index contributed by atoms with van der Waals surface area (Å²) < 4.78 is 0. The average molecular weight is 247 g/mol. The van der Waals surface area contributed by atoms with Gasteiger partial charge >= 0.3 is 0 Å². The van der Waals surface area contributed by atoms with Crippen LogP contribution in [0.25, 0.3) is 0 Å². The zero-order valence-electron chi connectivity index (χ0n) is 10.8. The first-order chi connectivity index (χ1) is 8.54. The van der Waals surface area contributed by atoms with Crippen molar-refractivity contribution in [3.63, 3.8) is 0 Å². The molecule has 2 unspecified atom stereocenters. The van der Waals surface area contributed by atoms with Crippen molar-refractivity contribution in [3.8, 4) is 0 Å². The summed E-state index contributed by atoms with van der Waals surface area (Å²) in [4.78, 5) is 29.5. The Morgan fingerprint density at radius 1 is 1.22 bits per heavy atom. The number of anilines is 1. The first-order valence-electron chi connectivity index (χ1n) is 6.03. The molecule has 2 heterocycles. The number of likely N-dealkylation sites (tertiary alicyclic amines) is 1. The number of imide groups is 1. The molecule has 1 aromatic heterocycles. The van der Waals surface area contributed by atoms with Crippen LogP contribution in [-0.2, 0) is 16.1 Å². The molecule has 18 heavy (non-hydrogen) atoms. The van der Waals surface area contributed by atoms with Gasteiger partial charge in [-0.05, 0) is 12.1 Å². The molecule has 1 saturated heterocycles. The van der Waals surface area contributed by atoms with E-state index in [-0.39, 0.29) is 30.2 Å². The maximum absolute atomic E-state index is 11.9. The highest BCUT2D eigenvalue weighted by molar-refractivity contribution is 6.04.